The summed E-state index contributed by atoms with van der Waals surface area (Å²) < 4.78 is 4.64. The highest BCUT2D eigenvalue weighted by Gasteiger charge is 2.24. The lowest BCUT2D eigenvalue weighted by Gasteiger charge is -1.95. The second-order valence-corrected chi connectivity index (χ2v) is 1.89. The first kappa shape index (κ1) is 5.56. The van der Waals surface area contributed by atoms with Gasteiger partial charge in [0.05, 0.1) is 12.5 Å². The fraction of sp³-hybridized carbons (Fsp3) is 0.800. The average molecular weight is 115 g/mol. The maximum atomic E-state index is 10.5. The van der Waals surface area contributed by atoms with E-state index in [0.29, 0.717) is 13.2 Å². The number of rotatable bonds is 1. The fourth-order valence-electron chi connectivity index (χ4n) is 0.752. The molecule has 1 atom stereocenters. The van der Waals surface area contributed by atoms with E-state index in [-0.39, 0.29) is 11.9 Å². The quantitative estimate of drug-likeness (QED) is 0.469. The smallest absolute Gasteiger partial charge is 0.310 e. The number of hydrogen-bond acceptors (Lipinski definition) is 3. The van der Waals surface area contributed by atoms with E-state index >= 15 is 0 Å². The molecule has 1 rings (SSSR count). The summed E-state index contributed by atoms with van der Waals surface area (Å²) in [4.78, 5) is 10.5. The summed E-state index contributed by atoms with van der Waals surface area (Å²) in [6, 6.07) is 0. The van der Waals surface area contributed by atoms with Crippen molar-refractivity contribution in [3.8, 4) is 0 Å². The van der Waals surface area contributed by atoms with Gasteiger partial charge in [0.1, 0.15) is 0 Å². The van der Waals surface area contributed by atoms with Gasteiger partial charge < -0.3 is 10.5 Å². The predicted molar refractivity (Wildman–Crippen MR) is 28.1 cm³/mol. The van der Waals surface area contributed by atoms with Gasteiger partial charge >= 0.3 is 5.97 Å². The summed E-state index contributed by atoms with van der Waals surface area (Å²) in [6.07, 6.45) is 0.801. The highest BCUT2D eigenvalue weighted by molar-refractivity contribution is 5.74. The van der Waals surface area contributed by atoms with Crippen molar-refractivity contribution in [2.45, 2.75) is 6.42 Å². The third kappa shape index (κ3) is 0.816. The standard InChI is InChI=1S/C5H9NO2/c6-3-4-1-2-8-5(4)7/h4H,1-3,6H2/t4-/m1/s1. The molecule has 46 valence electrons. The first-order chi connectivity index (χ1) is 3.84. The molecule has 3 heteroatoms. The maximum absolute atomic E-state index is 10.5. The van der Waals surface area contributed by atoms with Gasteiger partial charge in [0.25, 0.3) is 0 Å². The molecule has 1 aliphatic heterocycles. The molecule has 1 aliphatic rings. The van der Waals surface area contributed by atoms with Gasteiger partial charge in [0.2, 0.25) is 0 Å². The average Bonchev–Trinajstić information content (AvgIpc) is 2.14. The Bertz CT molecular complexity index is 103. The predicted octanol–water partition coefficient (Wildman–Crippen LogP) is -0.492. The summed E-state index contributed by atoms with van der Waals surface area (Å²) in [6.45, 7) is 0.986. The van der Waals surface area contributed by atoms with E-state index < -0.39 is 0 Å². The van der Waals surface area contributed by atoms with Crippen molar-refractivity contribution >= 4 is 5.97 Å². The van der Waals surface area contributed by atoms with Crippen molar-refractivity contribution in [3.63, 3.8) is 0 Å². The zero-order valence-electron chi connectivity index (χ0n) is 4.59. The minimum atomic E-state index is -0.132. The van der Waals surface area contributed by atoms with Crippen LogP contribution in [0.5, 0.6) is 0 Å². The number of cyclic esters (lactones) is 1. The molecule has 0 bridgehead atoms. The van der Waals surface area contributed by atoms with Crippen molar-refractivity contribution in [1.29, 1.82) is 0 Å². The van der Waals surface area contributed by atoms with Crippen LogP contribution < -0.4 is 5.73 Å². The lowest BCUT2D eigenvalue weighted by atomic mass is 10.1. The second-order valence-electron chi connectivity index (χ2n) is 1.89. The molecule has 0 aromatic rings. The zero-order chi connectivity index (χ0) is 5.98. The van der Waals surface area contributed by atoms with Crippen LogP contribution in [0.1, 0.15) is 6.42 Å². The molecule has 1 saturated heterocycles. The van der Waals surface area contributed by atoms with Gasteiger partial charge in [-0.25, -0.2) is 0 Å². The molecule has 0 spiro atoms. The van der Waals surface area contributed by atoms with Crippen molar-refractivity contribution < 1.29 is 9.53 Å². The lowest BCUT2D eigenvalue weighted by Crippen LogP contribution is -2.18. The lowest BCUT2D eigenvalue weighted by molar-refractivity contribution is -0.140. The van der Waals surface area contributed by atoms with Gasteiger partial charge in [-0.1, -0.05) is 0 Å². The molecule has 0 unspecified atom stereocenters. The molecular formula is C5H9NO2. The Morgan fingerprint density at radius 2 is 2.62 bits per heavy atom. The monoisotopic (exact) mass is 115 g/mol. The van der Waals surface area contributed by atoms with Crippen LogP contribution >= 0.6 is 0 Å². The molecule has 0 aromatic heterocycles. The number of carbonyl (C=O) groups is 1. The van der Waals surface area contributed by atoms with E-state index in [9.17, 15) is 4.79 Å². The molecular weight excluding hydrogens is 106 g/mol. The highest BCUT2D eigenvalue weighted by atomic mass is 16.5. The number of esters is 1. The van der Waals surface area contributed by atoms with Gasteiger partial charge in [-0.15, -0.1) is 0 Å². The minimum Gasteiger partial charge on any atom is -0.465 e. The SMILES string of the molecule is NC[C@H]1CCOC1=O. The van der Waals surface area contributed by atoms with Crippen LogP contribution in [0.2, 0.25) is 0 Å². The number of hydrogen-bond donors (Lipinski definition) is 1. The van der Waals surface area contributed by atoms with Crippen molar-refractivity contribution in [2.75, 3.05) is 13.2 Å². The van der Waals surface area contributed by atoms with Crippen LogP contribution in [-0.4, -0.2) is 19.1 Å². The van der Waals surface area contributed by atoms with E-state index in [2.05, 4.69) is 4.74 Å². The minimum absolute atomic E-state index is 0.0185. The van der Waals surface area contributed by atoms with Gasteiger partial charge in [0.15, 0.2) is 0 Å². The summed E-state index contributed by atoms with van der Waals surface area (Å²) >= 11 is 0. The Kier molecular flexibility index (Phi) is 1.48. The molecule has 2 N–H and O–H groups in total. The van der Waals surface area contributed by atoms with E-state index in [0.717, 1.165) is 6.42 Å². The Labute approximate surface area is 47.8 Å². The van der Waals surface area contributed by atoms with Gasteiger partial charge in [-0.3, -0.25) is 4.79 Å². The van der Waals surface area contributed by atoms with E-state index in [4.69, 9.17) is 5.73 Å². The third-order valence-corrected chi connectivity index (χ3v) is 1.33. The van der Waals surface area contributed by atoms with Gasteiger partial charge in [-0.2, -0.15) is 0 Å². The van der Waals surface area contributed by atoms with E-state index in [1.807, 2.05) is 0 Å². The molecule has 3 nitrogen and oxygen atoms in total. The van der Waals surface area contributed by atoms with Crippen LogP contribution in [0.4, 0.5) is 0 Å². The van der Waals surface area contributed by atoms with Crippen molar-refractivity contribution in [1.82, 2.24) is 0 Å². The Balaban J connectivity index is 2.42. The Morgan fingerprint density at radius 1 is 1.88 bits per heavy atom. The van der Waals surface area contributed by atoms with Crippen LogP contribution in [0.3, 0.4) is 0 Å². The second kappa shape index (κ2) is 2.13. The molecule has 0 radical (unpaired) electrons. The Hall–Kier alpha value is -0.570. The van der Waals surface area contributed by atoms with Crippen LogP contribution in [0, 0.1) is 5.92 Å². The highest BCUT2D eigenvalue weighted by Crippen LogP contribution is 2.11. The van der Waals surface area contributed by atoms with Crippen molar-refractivity contribution in [3.05, 3.63) is 0 Å². The van der Waals surface area contributed by atoms with Gasteiger partial charge in [-0.05, 0) is 6.42 Å². The summed E-state index contributed by atoms with van der Waals surface area (Å²) in [7, 11) is 0. The number of ether oxygens (including phenoxy) is 1. The molecule has 0 aromatic carbocycles. The van der Waals surface area contributed by atoms with Crippen LogP contribution in [0.25, 0.3) is 0 Å². The zero-order valence-corrected chi connectivity index (χ0v) is 4.59. The molecule has 0 saturated carbocycles. The van der Waals surface area contributed by atoms with Crippen molar-refractivity contribution in [2.24, 2.45) is 11.7 Å². The van der Waals surface area contributed by atoms with Gasteiger partial charge in [0, 0.05) is 6.54 Å². The topological polar surface area (TPSA) is 52.3 Å². The van der Waals surface area contributed by atoms with E-state index in [1.165, 1.54) is 0 Å². The number of carbonyl (C=O) groups excluding carboxylic acids is 1. The summed E-state index contributed by atoms with van der Waals surface area (Å²) in [5.74, 6) is -0.150. The molecule has 1 fully saturated rings. The molecule has 8 heavy (non-hydrogen) atoms. The maximum Gasteiger partial charge on any atom is 0.310 e. The first-order valence-electron chi connectivity index (χ1n) is 2.71. The largest absolute Gasteiger partial charge is 0.465 e. The summed E-state index contributed by atoms with van der Waals surface area (Å²) in [5, 5.41) is 0. The first-order valence-corrected chi connectivity index (χ1v) is 2.71. The van der Waals surface area contributed by atoms with Crippen LogP contribution in [0.15, 0.2) is 0 Å². The van der Waals surface area contributed by atoms with Crippen LogP contribution in [-0.2, 0) is 9.53 Å². The summed E-state index contributed by atoms with van der Waals surface area (Å²) in [5.41, 5.74) is 5.22. The number of nitrogens with two attached hydrogens (primary N) is 1. The van der Waals surface area contributed by atoms with E-state index in [1.54, 1.807) is 0 Å². The normalized spacial score (nSPS) is 28.1. The molecule has 0 aliphatic carbocycles. The fourth-order valence-corrected chi connectivity index (χ4v) is 0.752. The Morgan fingerprint density at radius 3 is 2.88 bits per heavy atom. The third-order valence-electron chi connectivity index (χ3n) is 1.33. The molecule has 1 heterocycles. The molecule has 0 amide bonds.